The molecule has 1 aliphatic carbocycles. The highest BCUT2D eigenvalue weighted by molar-refractivity contribution is 7.99. The van der Waals surface area contributed by atoms with Crippen LogP contribution in [0, 0.1) is 0 Å². The normalized spacial score (nSPS) is 13.3. The molecule has 0 saturated carbocycles. The van der Waals surface area contributed by atoms with Gasteiger partial charge in [0.15, 0.2) is 5.82 Å². The molecule has 0 N–H and O–H groups in total. The van der Waals surface area contributed by atoms with Gasteiger partial charge in [-0.1, -0.05) is 188 Å². The maximum Gasteiger partial charge on any atom is 0.160 e. The lowest BCUT2D eigenvalue weighted by molar-refractivity contribution is 0.726. The minimum Gasteiger partial charge on any atom is -0.309 e. The number of benzene rings is 9. The molecule has 0 amide bonds. The van der Waals surface area contributed by atoms with Gasteiger partial charge in [-0.2, -0.15) is 0 Å². The molecule has 0 saturated heterocycles. The van der Waals surface area contributed by atoms with Crippen LogP contribution in [-0.4, -0.2) is 14.5 Å². The van der Waals surface area contributed by atoms with E-state index in [-0.39, 0.29) is 0 Å². The Hall–Kier alpha value is -7.53. The van der Waals surface area contributed by atoms with Crippen LogP contribution in [0.1, 0.15) is 22.3 Å². The van der Waals surface area contributed by atoms with Crippen LogP contribution in [-0.2, 0) is 5.41 Å². The molecule has 3 heterocycles. The van der Waals surface area contributed by atoms with E-state index in [1.165, 1.54) is 75.7 Å². The summed E-state index contributed by atoms with van der Waals surface area (Å²) in [5.41, 5.74) is 15.8. The van der Waals surface area contributed by atoms with E-state index in [9.17, 15) is 0 Å². The van der Waals surface area contributed by atoms with Gasteiger partial charge < -0.3 is 4.57 Å². The largest absolute Gasteiger partial charge is 0.309 e. The second kappa shape index (κ2) is 13.2. The number of aromatic nitrogens is 3. The second-order valence-corrected chi connectivity index (χ2v) is 17.1. The van der Waals surface area contributed by atoms with Crippen molar-refractivity contribution >= 4 is 44.3 Å². The van der Waals surface area contributed by atoms with Gasteiger partial charge in [0.05, 0.1) is 27.8 Å². The smallest absolute Gasteiger partial charge is 0.160 e. The van der Waals surface area contributed by atoms with E-state index in [4.69, 9.17) is 9.97 Å². The maximum atomic E-state index is 5.22. The van der Waals surface area contributed by atoms with Gasteiger partial charge in [-0.3, -0.25) is 0 Å². The van der Waals surface area contributed by atoms with Crippen LogP contribution >= 0.6 is 11.8 Å². The summed E-state index contributed by atoms with van der Waals surface area (Å²) in [5.74, 6) is 0.707. The topological polar surface area (TPSA) is 30.7 Å². The minimum atomic E-state index is -0.461. The van der Waals surface area contributed by atoms with Crippen molar-refractivity contribution in [2.75, 3.05) is 0 Å². The standard InChI is InChI=1S/C57H35N3S/c1-3-17-37(18-4-1)48-35-49(59-56(58-48)38-19-5-2-6-20-38)39-21-15-22-40(34-39)60-50-32-30-36-16-7-8-23-41(36)53(50)54-51(60)33-31-47-55(54)61-52-29-14-13-28-46(52)57(47)44-26-11-9-24-42(44)43-25-10-12-27-45(43)57/h1-35H. The van der Waals surface area contributed by atoms with Crippen molar-refractivity contribution in [3.63, 3.8) is 0 Å². The lowest BCUT2D eigenvalue weighted by Gasteiger charge is -2.40. The molecular formula is C57H35N3S. The predicted molar refractivity (Wildman–Crippen MR) is 252 cm³/mol. The third-order valence-electron chi connectivity index (χ3n) is 12.9. The summed E-state index contributed by atoms with van der Waals surface area (Å²) < 4.78 is 2.47. The number of fused-ring (bicyclic) bond motifs is 15. The highest BCUT2D eigenvalue weighted by Crippen LogP contribution is 2.63. The highest BCUT2D eigenvalue weighted by atomic mass is 32.2. The molecule has 3 nitrogen and oxygen atoms in total. The molecule has 4 heteroatoms. The summed E-state index contributed by atoms with van der Waals surface area (Å²) in [7, 11) is 0. The third kappa shape index (κ3) is 4.94. The van der Waals surface area contributed by atoms with Gasteiger partial charge in [-0.25, -0.2) is 9.97 Å². The molecule has 0 bridgehead atoms. The summed E-state index contributed by atoms with van der Waals surface area (Å²) in [6, 6.07) is 77.2. The molecule has 0 unspecified atom stereocenters. The zero-order valence-corrected chi connectivity index (χ0v) is 33.8. The Morgan fingerprint density at radius 1 is 0.410 bits per heavy atom. The maximum absolute atomic E-state index is 5.22. The zero-order valence-electron chi connectivity index (χ0n) is 33.0. The van der Waals surface area contributed by atoms with Crippen LogP contribution in [0.3, 0.4) is 0 Å². The minimum absolute atomic E-state index is 0.461. The first-order valence-electron chi connectivity index (χ1n) is 20.8. The van der Waals surface area contributed by atoms with Crippen molar-refractivity contribution in [1.29, 1.82) is 0 Å². The fraction of sp³-hybridized carbons (Fsp3) is 0.0175. The van der Waals surface area contributed by atoms with E-state index in [1.54, 1.807) is 0 Å². The van der Waals surface area contributed by atoms with Crippen LogP contribution in [0.2, 0.25) is 0 Å². The Balaban J connectivity index is 1.10. The average Bonchev–Trinajstić information content (AvgIpc) is 3.84. The van der Waals surface area contributed by atoms with Gasteiger partial charge >= 0.3 is 0 Å². The molecule has 13 rings (SSSR count). The van der Waals surface area contributed by atoms with Crippen LogP contribution in [0.15, 0.2) is 222 Å². The highest BCUT2D eigenvalue weighted by Gasteiger charge is 2.50. The van der Waals surface area contributed by atoms with Crippen molar-refractivity contribution in [2.45, 2.75) is 15.2 Å². The Morgan fingerprint density at radius 3 is 1.77 bits per heavy atom. The Labute approximate surface area is 357 Å². The predicted octanol–water partition coefficient (Wildman–Crippen LogP) is 14.6. The molecule has 1 aliphatic heterocycles. The van der Waals surface area contributed by atoms with E-state index in [2.05, 4.69) is 193 Å². The number of hydrogen-bond acceptors (Lipinski definition) is 3. The van der Waals surface area contributed by atoms with Gasteiger partial charge in [-0.05, 0) is 80.6 Å². The van der Waals surface area contributed by atoms with E-state index in [0.717, 1.165) is 33.8 Å². The van der Waals surface area contributed by atoms with Gasteiger partial charge in [0.1, 0.15) is 0 Å². The number of rotatable bonds is 4. The average molecular weight is 794 g/mol. The van der Waals surface area contributed by atoms with Crippen LogP contribution in [0.25, 0.3) is 83.3 Å². The first kappa shape index (κ1) is 34.3. The summed E-state index contributed by atoms with van der Waals surface area (Å²) in [5, 5.41) is 5.05. The first-order valence-corrected chi connectivity index (χ1v) is 21.6. The monoisotopic (exact) mass is 793 g/mol. The van der Waals surface area contributed by atoms with Gasteiger partial charge in [0.25, 0.3) is 0 Å². The van der Waals surface area contributed by atoms with Crippen molar-refractivity contribution in [1.82, 2.24) is 14.5 Å². The molecular weight excluding hydrogens is 759 g/mol. The lowest BCUT2D eigenvalue weighted by atomic mass is 9.67. The Kier molecular flexibility index (Phi) is 7.45. The zero-order chi connectivity index (χ0) is 40.1. The Bertz CT molecular complexity index is 3470. The number of hydrogen-bond donors (Lipinski definition) is 0. The van der Waals surface area contributed by atoms with E-state index in [1.807, 2.05) is 36.0 Å². The number of nitrogens with zero attached hydrogens (tertiary/aromatic N) is 3. The van der Waals surface area contributed by atoms with Crippen LogP contribution < -0.4 is 0 Å². The third-order valence-corrected chi connectivity index (χ3v) is 14.1. The van der Waals surface area contributed by atoms with Crippen molar-refractivity contribution < 1.29 is 0 Å². The van der Waals surface area contributed by atoms with Gasteiger partial charge in [0, 0.05) is 42.9 Å². The second-order valence-electron chi connectivity index (χ2n) is 16.0. The molecule has 0 fully saturated rings. The van der Waals surface area contributed by atoms with E-state index >= 15 is 0 Å². The molecule has 1 spiro atoms. The van der Waals surface area contributed by atoms with Gasteiger partial charge in [-0.15, -0.1) is 0 Å². The Morgan fingerprint density at radius 2 is 1.00 bits per heavy atom. The quantitative estimate of drug-likeness (QED) is 0.178. The fourth-order valence-electron chi connectivity index (χ4n) is 10.3. The summed E-state index contributed by atoms with van der Waals surface area (Å²) in [4.78, 5) is 12.9. The lowest BCUT2D eigenvalue weighted by Crippen LogP contribution is -2.32. The molecule has 284 valence electrons. The first-order chi connectivity index (χ1) is 30.3. The van der Waals surface area contributed by atoms with E-state index in [0.29, 0.717) is 5.82 Å². The van der Waals surface area contributed by atoms with E-state index < -0.39 is 5.41 Å². The molecule has 2 aromatic heterocycles. The van der Waals surface area contributed by atoms with Crippen LogP contribution in [0.4, 0.5) is 0 Å². The molecule has 0 radical (unpaired) electrons. The van der Waals surface area contributed by atoms with Crippen molar-refractivity contribution in [3.05, 3.63) is 235 Å². The van der Waals surface area contributed by atoms with Crippen molar-refractivity contribution in [3.8, 4) is 50.7 Å². The van der Waals surface area contributed by atoms with Gasteiger partial charge in [0.2, 0.25) is 0 Å². The SMILES string of the molecule is c1ccc(-c2cc(-c3cccc(-n4c5ccc6c(c5c5c7ccccc7ccc54)Sc4ccccc4C64c5ccccc5-c5ccccc54)c3)nc(-c3ccccc3)n2)cc1. The molecule has 9 aromatic carbocycles. The molecule has 11 aromatic rings. The summed E-state index contributed by atoms with van der Waals surface area (Å²) in [6.45, 7) is 0. The summed E-state index contributed by atoms with van der Waals surface area (Å²) in [6.07, 6.45) is 0. The molecule has 61 heavy (non-hydrogen) atoms. The fourth-order valence-corrected chi connectivity index (χ4v) is 11.7. The van der Waals surface area contributed by atoms with Crippen LogP contribution in [0.5, 0.6) is 0 Å². The van der Waals surface area contributed by atoms with Crippen molar-refractivity contribution in [2.24, 2.45) is 0 Å². The summed E-state index contributed by atoms with van der Waals surface area (Å²) >= 11 is 1.92. The molecule has 2 aliphatic rings. The molecule has 0 atom stereocenters.